The van der Waals surface area contributed by atoms with Crippen molar-refractivity contribution in [3.05, 3.63) is 35.9 Å². The van der Waals surface area contributed by atoms with E-state index in [1.165, 1.54) is 5.56 Å². The summed E-state index contributed by atoms with van der Waals surface area (Å²) in [5.41, 5.74) is 6.08. The van der Waals surface area contributed by atoms with Crippen LogP contribution in [0.2, 0.25) is 0 Å². The SMILES string of the molecule is NC(=O)C(=O)C(CC1CC1)NC(=O)C1CCCN1C(=O)C(NC(=O)NC1(Cc2ccccc2)CCCCC1)C1CCCCC1. The number of carbonyl (C=O) groups is 5. The fourth-order valence-electron chi connectivity index (χ4n) is 7.67. The van der Waals surface area contributed by atoms with Gasteiger partial charge in [-0.3, -0.25) is 19.2 Å². The van der Waals surface area contributed by atoms with Gasteiger partial charge < -0.3 is 26.6 Å². The van der Waals surface area contributed by atoms with Crippen molar-refractivity contribution in [3.63, 3.8) is 0 Å². The number of benzene rings is 1. The average Bonchev–Trinajstić information content (AvgIpc) is 3.71. The molecule has 4 fully saturated rings. The summed E-state index contributed by atoms with van der Waals surface area (Å²) >= 11 is 0. The topological polar surface area (TPSA) is 151 Å². The highest BCUT2D eigenvalue weighted by Crippen LogP contribution is 2.35. The van der Waals surface area contributed by atoms with Crippen LogP contribution in [0.25, 0.3) is 0 Å². The van der Waals surface area contributed by atoms with E-state index in [2.05, 4.69) is 28.1 Å². The van der Waals surface area contributed by atoms with E-state index in [4.69, 9.17) is 5.73 Å². The Morgan fingerprint density at radius 1 is 0.841 bits per heavy atom. The van der Waals surface area contributed by atoms with Gasteiger partial charge in [-0.25, -0.2) is 4.79 Å². The van der Waals surface area contributed by atoms with Crippen molar-refractivity contribution >= 4 is 29.5 Å². The minimum absolute atomic E-state index is 0.0122. The van der Waals surface area contributed by atoms with Gasteiger partial charge in [-0.05, 0) is 68.8 Å². The van der Waals surface area contributed by atoms with Crippen molar-refractivity contribution in [2.45, 2.75) is 126 Å². The Balaban J connectivity index is 1.29. The summed E-state index contributed by atoms with van der Waals surface area (Å²) in [4.78, 5) is 67.2. The summed E-state index contributed by atoms with van der Waals surface area (Å²) in [6, 6.07) is 7.41. The Bertz CT molecular complexity index is 1190. The minimum Gasteiger partial charge on any atom is -0.363 e. The highest BCUT2D eigenvalue weighted by Gasteiger charge is 2.43. The van der Waals surface area contributed by atoms with Crippen LogP contribution in [0.4, 0.5) is 4.79 Å². The summed E-state index contributed by atoms with van der Waals surface area (Å²) in [5.74, 6) is -2.27. The Morgan fingerprint density at radius 3 is 2.18 bits per heavy atom. The van der Waals surface area contributed by atoms with Crippen LogP contribution in [0.1, 0.15) is 102 Å². The van der Waals surface area contributed by atoms with Gasteiger partial charge in [0.05, 0.1) is 6.04 Å². The van der Waals surface area contributed by atoms with Gasteiger partial charge in [0.2, 0.25) is 17.6 Å². The molecule has 1 heterocycles. The molecule has 1 aliphatic heterocycles. The van der Waals surface area contributed by atoms with Crippen molar-refractivity contribution in [3.8, 4) is 0 Å². The number of urea groups is 1. The highest BCUT2D eigenvalue weighted by atomic mass is 16.2. The standard InChI is InChI=1S/C34H49N5O5/c35-30(41)29(40)26(21-23-16-17-23)36-31(42)27-15-10-20-39(27)32(43)28(25-13-6-2-7-14-25)37-33(44)38-34(18-8-3-9-19-34)22-24-11-4-1-5-12-24/h1,4-5,11-12,23,25-28H,2-3,6-10,13-22H2,(H2,35,41)(H,36,42)(H2,37,38,44). The van der Waals surface area contributed by atoms with Crippen LogP contribution in [0.5, 0.6) is 0 Å². The van der Waals surface area contributed by atoms with Crippen molar-refractivity contribution < 1.29 is 24.0 Å². The number of nitrogens with two attached hydrogens (primary N) is 1. The third-order valence-corrected chi connectivity index (χ3v) is 10.2. The van der Waals surface area contributed by atoms with Gasteiger partial charge in [0.25, 0.3) is 5.91 Å². The van der Waals surface area contributed by atoms with E-state index >= 15 is 0 Å². The maximum absolute atomic E-state index is 14.2. The smallest absolute Gasteiger partial charge is 0.315 e. The molecule has 44 heavy (non-hydrogen) atoms. The van der Waals surface area contributed by atoms with Crippen molar-refractivity contribution in [1.29, 1.82) is 0 Å². The Morgan fingerprint density at radius 2 is 1.52 bits per heavy atom. The molecule has 3 aliphatic carbocycles. The molecule has 5 amide bonds. The lowest BCUT2D eigenvalue weighted by atomic mass is 9.77. The third kappa shape index (κ3) is 8.18. The van der Waals surface area contributed by atoms with Gasteiger partial charge in [-0.2, -0.15) is 0 Å². The molecule has 4 aliphatic rings. The maximum atomic E-state index is 14.2. The number of nitrogens with zero attached hydrogens (tertiary/aromatic N) is 1. The van der Waals surface area contributed by atoms with Gasteiger partial charge in [0.15, 0.2) is 0 Å². The summed E-state index contributed by atoms with van der Waals surface area (Å²) in [6.07, 6.45) is 13.9. The molecule has 3 unspecified atom stereocenters. The van der Waals surface area contributed by atoms with E-state index in [-0.39, 0.29) is 29.3 Å². The average molecular weight is 608 g/mol. The first-order chi connectivity index (χ1) is 21.2. The predicted molar refractivity (Wildman–Crippen MR) is 166 cm³/mol. The predicted octanol–water partition coefficient (Wildman–Crippen LogP) is 3.51. The molecule has 10 nitrogen and oxygen atoms in total. The molecule has 5 rings (SSSR count). The number of carbonyl (C=O) groups excluding carboxylic acids is 5. The lowest BCUT2D eigenvalue weighted by Crippen LogP contribution is -2.61. The third-order valence-electron chi connectivity index (χ3n) is 10.2. The fraction of sp³-hybridized carbons (Fsp3) is 0.676. The number of Topliss-reactive ketones (excluding diaryl/α,β-unsaturated/α-hetero) is 1. The van der Waals surface area contributed by atoms with Gasteiger partial charge in [0.1, 0.15) is 12.1 Å². The highest BCUT2D eigenvalue weighted by molar-refractivity contribution is 6.37. The van der Waals surface area contributed by atoms with Crippen molar-refractivity contribution in [2.24, 2.45) is 17.6 Å². The molecule has 0 bridgehead atoms. The molecule has 1 saturated heterocycles. The summed E-state index contributed by atoms with van der Waals surface area (Å²) in [6.45, 7) is 0.401. The zero-order valence-corrected chi connectivity index (χ0v) is 25.9. The lowest BCUT2D eigenvalue weighted by Gasteiger charge is -2.40. The minimum atomic E-state index is -1.06. The van der Waals surface area contributed by atoms with Crippen molar-refractivity contribution in [2.75, 3.05) is 6.54 Å². The number of hydrogen-bond acceptors (Lipinski definition) is 5. The molecule has 1 aromatic rings. The molecule has 0 aromatic heterocycles. The lowest BCUT2D eigenvalue weighted by molar-refractivity contribution is -0.143. The van der Waals surface area contributed by atoms with Crippen LogP contribution < -0.4 is 21.7 Å². The van der Waals surface area contributed by atoms with E-state index in [0.717, 1.165) is 83.5 Å². The number of nitrogens with one attached hydrogen (secondary N) is 3. The molecule has 10 heteroatoms. The normalized spacial score (nSPS) is 23.3. The quantitative estimate of drug-likeness (QED) is 0.268. The molecular weight excluding hydrogens is 558 g/mol. The largest absolute Gasteiger partial charge is 0.363 e. The van der Waals surface area contributed by atoms with E-state index in [0.29, 0.717) is 25.8 Å². The molecule has 3 atom stereocenters. The molecule has 3 saturated carbocycles. The maximum Gasteiger partial charge on any atom is 0.315 e. The zero-order chi connectivity index (χ0) is 31.1. The van der Waals surface area contributed by atoms with Gasteiger partial charge >= 0.3 is 6.03 Å². The molecule has 0 radical (unpaired) electrons. The van der Waals surface area contributed by atoms with Crippen molar-refractivity contribution in [1.82, 2.24) is 20.9 Å². The zero-order valence-electron chi connectivity index (χ0n) is 25.9. The molecule has 0 spiro atoms. The van der Waals surface area contributed by atoms with Crippen LogP contribution >= 0.6 is 0 Å². The van der Waals surface area contributed by atoms with Gasteiger partial charge in [-0.15, -0.1) is 0 Å². The second-order valence-corrected chi connectivity index (χ2v) is 13.6. The van der Waals surface area contributed by atoms with Crippen LogP contribution in [0.15, 0.2) is 30.3 Å². The van der Waals surface area contributed by atoms with Crippen LogP contribution in [-0.2, 0) is 25.6 Å². The first-order valence-electron chi connectivity index (χ1n) is 16.8. The van der Waals surface area contributed by atoms with E-state index < -0.39 is 35.7 Å². The van der Waals surface area contributed by atoms with E-state index in [9.17, 15) is 24.0 Å². The number of rotatable bonds is 12. The summed E-state index contributed by atoms with van der Waals surface area (Å²) < 4.78 is 0. The second-order valence-electron chi connectivity index (χ2n) is 13.6. The number of likely N-dealkylation sites (tertiary alicyclic amines) is 1. The number of ketones is 1. The van der Waals surface area contributed by atoms with E-state index in [1.54, 1.807) is 4.90 Å². The molecule has 5 N–H and O–H groups in total. The Kier molecular flexibility index (Phi) is 10.6. The first-order valence-corrected chi connectivity index (χ1v) is 16.8. The molecular formula is C34H49N5O5. The van der Waals surface area contributed by atoms with Crippen LogP contribution in [0.3, 0.4) is 0 Å². The number of hydrogen-bond donors (Lipinski definition) is 4. The van der Waals surface area contributed by atoms with E-state index in [1.807, 2.05) is 18.2 Å². The van der Waals surface area contributed by atoms with Crippen LogP contribution in [0, 0.1) is 11.8 Å². The molecule has 240 valence electrons. The first kappa shape index (κ1) is 32.0. The van der Waals surface area contributed by atoms with Crippen LogP contribution in [-0.4, -0.2) is 64.6 Å². The molecule has 1 aromatic carbocycles. The Labute approximate surface area is 260 Å². The fourth-order valence-corrected chi connectivity index (χ4v) is 7.67. The summed E-state index contributed by atoms with van der Waals surface area (Å²) in [5, 5.41) is 9.18. The Hall–Kier alpha value is -3.43. The van der Waals surface area contributed by atoms with Gasteiger partial charge in [-0.1, -0.05) is 81.7 Å². The second kappa shape index (κ2) is 14.6. The number of amides is 5. The summed E-state index contributed by atoms with van der Waals surface area (Å²) in [7, 11) is 0. The van der Waals surface area contributed by atoms with Gasteiger partial charge in [0, 0.05) is 12.1 Å². The number of primary amides is 1. The monoisotopic (exact) mass is 607 g/mol.